The van der Waals surface area contributed by atoms with Gasteiger partial charge in [0, 0.05) is 19.7 Å². The lowest BCUT2D eigenvalue weighted by molar-refractivity contribution is 0.170. The van der Waals surface area contributed by atoms with E-state index in [4.69, 9.17) is 19.2 Å². The lowest BCUT2D eigenvalue weighted by Gasteiger charge is -2.18. The molecule has 2 N–H and O–H groups in total. The van der Waals surface area contributed by atoms with Crippen molar-refractivity contribution < 1.29 is 19.2 Å². The Balaban J connectivity index is 1.97. The van der Waals surface area contributed by atoms with Crippen LogP contribution < -0.4 is 0 Å². The molecule has 0 saturated carbocycles. The Hall–Kier alpha value is -1.70. The van der Waals surface area contributed by atoms with Crippen molar-refractivity contribution >= 4 is 0 Å². The van der Waals surface area contributed by atoms with Crippen molar-refractivity contribution in [2.45, 2.75) is 13.0 Å². The minimum absolute atomic E-state index is 0.0534. The van der Waals surface area contributed by atoms with Crippen molar-refractivity contribution in [3.8, 4) is 11.5 Å². The summed E-state index contributed by atoms with van der Waals surface area (Å²) in [6.45, 7) is 1.83. The molecule has 7 heteroatoms. The normalized spacial score (nSPS) is 11.3. The highest BCUT2D eigenvalue weighted by Crippen LogP contribution is 2.17. The second-order valence-electron chi connectivity index (χ2n) is 4.10. The summed E-state index contributed by atoms with van der Waals surface area (Å²) in [5.74, 6) is 0.956. The molecule has 2 aromatic heterocycles. The van der Waals surface area contributed by atoms with E-state index in [9.17, 15) is 0 Å². The molecule has 104 valence electrons. The van der Waals surface area contributed by atoms with Crippen LogP contribution in [0.3, 0.4) is 0 Å². The second-order valence-corrected chi connectivity index (χ2v) is 4.10. The van der Waals surface area contributed by atoms with E-state index in [0.29, 0.717) is 37.8 Å². The molecule has 2 rings (SSSR count). The molecular weight excluding hydrogens is 250 g/mol. The molecule has 0 aliphatic rings. The van der Waals surface area contributed by atoms with Crippen molar-refractivity contribution in [3.63, 3.8) is 0 Å². The van der Waals surface area contributed by atoms with Crippen LogP contribution in [0.2, 0.25) is 0 Å². The maximum absolute atomic E-state index is 8.99. The van der Waals surface area contributed by atoms with Crippen molar-refractivity contribution in [1.82, 2.24) is 15.0 Å². The standard InChI is InChI=1S/C12H17N3O4/c16-5-1-3-15(4-6-17)8-11-13-12(19-14-11)10-2-7-18-9-10/h2,7,9,16-17H,1,3-6,8H2. The van der Waals surface area contributed by atoms with Gasteiger partial charge in [-0.1, -0.05) is 5.16 Å². The largest absolute Gasteiger partial charge is 0.472 e. The number of furan rings is 1. The molecule has 2 aromatic rings. The molecule has 0 aliphatic heterocycles. The van der Waals surface area contributed by atoms with E-state index in [2.05, 4.69) is 10.1 Å². The summed E-state index contributed by atoms with van der Waals surface area (Å²) in [5, 5.41) is 21.7. The number of hydrogen-bond acceptors (Lipinski definition) is 7. The number of rotatable bonds is 8. The van der Waals surface area contributed by atoms with E-state index in [-0.39, 0.29) is 13.2 Å². The Morgan fingerprint density at radius 1 is 1.21 bits per heavy atom. The minimum Gasteiger partial charge on any atom is -0.472 e. The van der Waals surface area contributed by atoms with Gasteiger partial charge >= 0.3 is 0 Å². The Bertz CT molecular complexity index is 469. The van der Waals surface area contributed by atoms with Crippen LogP contribution in [0.4, 0.5) is 0 Å². The summed E-state index contributed by atoms with van der Waals surface area (Å²) in [6.07, 6.45) is 3.72. The van der Waals surface area contributed by atoms with Gasteiger partial charge in [-0.05, 0) is 12.5 Å². The van der Waals surface area contributed by atoms with Gasteiger partial charge in [0.05, 0.1) is 25.0 Å². The highest BCUT2D eigenvalue weighted by Gasteiger charge is 2.13. The number of nitrogens with zero attached hydrogens (tertiary/aromatic N) is 3. The quantitative estimate of drug-likeness (QED) is 0.719. The monoisotopic (exact) mass is 267 g/mol. The molecule has 2 heterocycles. The van der Waals surface area contributed by atoms with Crippen molar-refractivity contribution in [1.29, 1.82) is 0 Å². The highest BCUT2D eigenvalue weighted by molar-refractivity contribution is 5.49. The van der Waals surface area contributed by atoms with Crippen LogP contribution in [0.1, 0.15) is 12.2 Å². The summed E-state index contributed by atoms with van der Waals surface area (Å²) in [7, 11) is 0. The third-order valence-corrected chi connectivity index (χ3v) is 2.65. The van der Waals surface area contributed by atoms with Crippen molar-refractivity contribution in [2.75, 3.05) is 26.3 Å². The summed E-state index contributed by atoms with van der Waals surface area (Å²) >= 11 is 0. The molecule has 0 aromatic carbocycles. The first-order chi connectivity index (χ1) is 9.33. The molecule has 7 nitrogen and oxygen atoms in total. The van der Waals surface area contributed by atoms with E-state index in [1.807, 2.05) is 4.90 Å². The second kappa shape index (κ2) is 7.03. The smallest absolute Gasteiger partial charge is 0.261 e. The van der Waals surface area contributed by atoms with Crippen LogP contribution in [0.5, 0.6) is 0 Å². The van der Waals surface area contributed by atoms with Crippen LogP contribution in [0, 0.1) is 0 Å². The van der Waals surface area contributed by atoms with Gasteiger partial charge in [0.25, 0.3) is 5.89 Å². The number of hydrogen-bond donors (Lipinski definition) is 2. The zero-order valence-electron chi connectivity index (χ0n) is 10.5. The first-order valence-electron chi connectivity index (χ1n) is 6.12. The molecule has 0 amide bonds. The van der Waals surface area contributed by atoms with E-state index >= 15 is 0 Å². The van der Waals surface area contributed by atoms with E-state index < -0.39 is 0 Å². The maximum Gasteiger partial charge on any atom is 0.261 e. The first-order valence-corrected chi connectivity index (χ1v) is 6.12. The number of aliphatic hydroxyl groups excluding tert-OH is 2. The predicted octanol–water partition coefficient (Wildman–Crippen LogP) is 0.506. The topological polar surface area (TPSA) is 95.8 Å². The average Bonchev–Trinajstić information content (AvgIpc) is 3.06. The van der Waals surface area contributed by atoms with Gasteiger partial charge in [-0.15, -0.1) is 0 Å². The Labute approximate surface area is 110 Å². The fourth-order valence-electron chi connectivity index (χ4n) is 1.73. The summed E-state index contributed by atoms with van der Waals surface area (Å²) < 4.78 is 10.1. The Morgan fingerprint density at radius 2 is 2.11 bits per heavy atom. The average molecular weight is 267 g/mol. The van der Waals surface area contributed by atoms with Gasteiger partial charge < -0.3 is 19.2 Å². The molecular formula is C12H17N3O4. The van der Waals surface area contributed by atoms with Crippen molar-refractivity contribution in [2.24, 2.45) is 0 Å². The van der Waals surface area contributed by atoms with Gasteiger partial charge in [-0.25, -0.2) is 0 Å². The van der Waals surface area contributed by atoms with Gasteiger partial charge in [0.2, 0.25) is 0 Å². The minimum atomic E-state index is 0.0534. The van der Waals surface area contributed by atoms with Gasteiger partial charge in [0.1, 0.15) is 6.26 Å². The lowest BCUT2D eigenvalue weighted by Crippen LogP contribution is -2.28. The molecule has 19 heavy (non-hydrogen) atoms. The molecule has 0 bridgehead atoms. The lowest BCUT2D eigenvalue weighted by atomic mass is 10.3. The van der Waals surface area contributed by atoms with Gasteiger partial charge in [-0.2, -0.15) is 4.98 Å². The molecule has 0 spiro atoms. The number of aliphatic hydroxyl groups is 2. The predicted molar refractivity (Wildman–Crippen MR) is 66.1 cm³/mol. The van der Waals surface area contributed by atoms with Gasteiger partial charge in [-0.3, -0.25) is 4.90 Å². The van der Waals surface area contributed by atoms with Gasteiger partial charge in [0.15, 0.2) is 5.82 Å². The molecule has 0 unspecified atom stereocenters. The summed E-state index contributed by atoms with van der Waals surface area (Å²) in [5.41, 5.74) is 0.739. The SMILES string of the molecule is OCCCN(CCO)Cc1noc(-c2ccoc2)n1. The van der Waals surface area contributed by atoms with E-state index in [1.54, 1.807) is 12.3 Å². The van der Waals surface area contributed by atoms with Crippen molar-refractivity contribution in [3.05, 3.63) is 24.4 Å². The van der Waals surface area contributed by atoms with Crippen LogP contribution in [-0.2, 0) is 6.54 Å². The fourth-order valence-corrected chi connectivity index (χ4v) is 1.73. The first kappa shape index (κ1) is 13.7. The third kappa shape index (κ3) is 3.88. The zero-order valence-corrected chi connectivity index (χ0v) is 10.5. The van der Waals surface area contributed by atoms with Crippen LogP contribution in [0.15, 0.2) is 27.5 Å². The van der Waals surface area contributed by atoms with Crippen LogP contribution >= 0.6 is 0 Å². The Morgan fingerprint density at radius 3 is 2.79 bits per heavy atom. The molecule has 0 atom stereocenters. The summed E-state index contributed by atoms with van der Waals surface area (Å²) in [4.78, 5) is 6.22. The number of aromatic nitrogens is 2. The van der Waals surface area contributed by atoms with E-state index in [1.165, 1.54) is 6.26 Å². The summed E-state index contributed by atoms with van der Waals surface area (Å²) in [6, 6.07) is 1.74. The Kier molecular flexibility index (Phi) is 5.08. The fraction of sp³-hybridized carbons (Fsp3) is 0.500. The van der Waals surface area contributed by atoms with Crippen LogP contribution in [0.25, 0.3) is 11.5 Å². The zero-order chi connectivity index (χ0) is 13.5. The third-order valence-electron chi connectivity index (χ3n) is 2.65. The molecule has 0 fully saturated rings. The van der Waals surface area contributed by atoms with E-state index in [0.717, 1.165) is 5.56 Å². The highest BCUT2D eigenvalue weighted by atomic mass is 16.5. The molecule has 0 aliphatic carbocycles. The molecule has 0 radical (unpaired) electrons. The molecule has 0 saturated heterocycles. The maximum atomic E-state index is 8.99. The van der Waals surface area contributed by atoms with Crippen LogP contribution in [-0.4, -0.2) is 51.6 Å².